The van der Waals surface area contributed by atoms with Gasteiger partial charge in [-0.3, -0.25) is 4.79 Å². The second kappa shape index (κ2) is 28.4. The van der Waals surface area contributed by atoms with E-state index in [2.05, 4.69) is 31.3 Å². The van der Waals surface area contributed by atoms with E-state index in [1.807, 2.05) is 6.08 Å². The first-order chi connectivity index (χ1) is 17.7. The summed E-state index contributed by atoms with van der Waals surface area (Å²) in [4.78, 5) is 12.2. The molecule has 36 heavy (non-hydrogen) atoms. The Morgan fingerprint density at radius 3 is 1.61 bits per heavy atom. The summed E-state index contributed by atoms with van der Waals surface area (Å²) >= 11 is 0. The van der Waals surface area contributed by atoms with Crippen molar-refractivity contribution >= 4 is 5.91 Å². The number of hydrogen-bond acceptors (Lipinski definition) is 3. The Morgan fingerprint density at radius 2 is 1.08 bits per heavy atom. The molecule has 0 fully saturated rings. The molecule has 0 aromatic heterocycles. The summed E-state index contributed by atoms with van der Waals surface area (Å²) in [6.45, 7) is 4.25. The van der Waals surface area contributed by atoms with Crippen molar-refractivity contribution in [1.29, 1.82) is 0 Å². The second-order valence-electron chi connectivity index (χ2n) is 10.5. The molecule has 0 aliphatic carbocycles. The van der Waals surface area contributed by atoms with Gasteiger partial charge in [-0.2, -0.15) is 0 Å². The van der Waals surface area contributed by atoms with E-state index in [9.17, 15) is 15.0 Å². The maximum atomic E-state index is 12.2. The Kier molecular flexibility index (Phi) is 27.5. The van der Waals surface area contributed by atoms with Crippen LogP contribution < -0.4 is 5.32 Å². The number of rotatable bonds is 27. The lowest BCUT2D eigenvalue weighted by atomic mass is 10.1. The van der Waals surface area contributed by atoms with Crippen LogP contribution in [0.2, 0.25) is 0 Å². The van der Waals surface area contributed by atoms with Crippen LogP contribution in [0.3, 0.4) is 0 Å². The molecule has 4 heteroatoms. The predicted molar refractivity (Wildman–Crippen MR) is 156 cm³/mol. The second-order valence-corrected chi connectivity index (χ2v) is 10.5. The Bertz CT molecular complexity index is 518. The van der Waals surface area contributed by atoms with E-state index in [0.717, 1.165) is 32.1 Å². The summed E-state index contributed by atoms with van der Waals surface area (Å²) in [5.74, 6) is -0.0797. The fraction of sp³-hybridized carbons (Fsp3) is 0.844. The summed E-state index contributed by atoms with van der Waals surface area (Å²) in [5, 5.41) is 22.7. The number of carbonyl (C=O) groups is 1. The Labute approximate surface area is 224 Å². The van der Waals surface area contributed by atoms with Crippen molar-refractivity contribution in [3.63, 3.8) is 0 Å². The molecule has 212 valence electrons. The normalized spacial score (nSPS) is 13.6. The molecule has 0 aliphatic heterocycles. The lowest BCUT2D eigenvalue weighted by Crippen LogP contribution is -2.45. The van der Waals surface area contributed by atoms with Crippen molar-refractivity contribution in [3.05, 3.63) is 24.3 Å². The van der Waals surface area contributed by atoms with Gasteiger partial charge < -0.3 is 15.5 Å². The third-order valence-electron chi connectivity index (χ3n) is 6.94. The Hall–Kier alpha value is -1.13. The van der Waals surface area contributed by atoms with Crippen LogP contribution in [0.5, 0.6) is 0 Å². The summed E-state index contributed by atoms with van der Waals surface area (Å²) < 4.78 is 0. The van der Waals surface area contributed by atoms with Crippen LogP contribution in [0, 0.1) is 0 Å². The first-order valence-electron chi connectivity index (χ1n) is 15.6. The predicted octanol–water partition coefficient (Wildman–Crippen LogP) is 8.56. The minimum absolute atomic E-state index is 0.0797. The van der Waals surface area contributed by atoms with E-state index >= 15 is 0 Å². The number of amides is 1. The number of allylic oxidation sites excluding steroid dienone is 3. The molecule has 0 aliphatic rings. The third-order valence-corrected chi connectivity index (χ3v) is 6.94. The first kappa shape index (κ1) is 34.9. The van der Waals surface area contributed by atoms with Crippen molar-refractivity contribution in [2.24, 2.45) is 0 Å². The quantitative estimate of drug-likeness (QED) is 0.0770. The molecular formula is C32H61NO3. The molecule has 0 saturated carbocycles. The largest absolute Gasteiger partial charge is 0.394 e. The van der Waals surface area contributed by atoms with Gasteiger partial charge in [-0.15, -0.1) is 0 Å². The highest BCUT2D eigenvalue weighted by Gasteiger charge is 2.17. The van der Waals surface area contributed by atoms with Gasteiger partial charge in [0.05, 0.1) is 18.8 Å². The smallest absolute Gasteiger partial charge is 0.220 e. The summed E-state index contributed by atoms with van der Waals surface area (Å²) in [5.41, 5.74) is 0. The highest BCUT2D eigenvalue weighted by Crippen LogP contribution is 2.12. The number of aliphatic hydroxyl groups excluding tert-OH is 2. The number of nitrogens with one attached hydrogen (secondary N) is 1. The molecule has 0 aromatic rings. The van der Waals surface area contributed by atoms with Crippen LogP contribution in [-0.4, -0.2) is 34.9 Å². The van der Waals surface area contributed by atoms with Gasteiger partial charge >= 0.3 is 0 Å². The maximum absolute atomic E-state index is 12.2. The monoisotopic (exact) mass is 507 g/mol. The molecule has 0 radical (unpaired) electrons. The third kappa shape index (κ3) is 24.6. The fourth-order valence-corrected chi connectivity index (χ4v) is 4.48. The lowest BCUT2D eigenvalue weighted by molar-refractivity contribution is -0.123. The van der Waals surface area contributed by atoms with Crippen LogP contribution in [0.4, 0.5) is 0 Å². The molecule has 0 rings (SSSR count). The molecule has 2 atom stereocenters. The number of unbranched alkanes of at least 4 members (excludes halogenated alkanes) is 18. The number of hydrogen-bond donors (Lipinski definition) is 3. The van der Waals surface area contributed by atoms with Crippen LogP contribution in [-0.2, 0) is 4.79 Å². The van der Waals surface area contributed by atoms with Crippen LogP contribution in [0.15, 0.2) is 24.3 Å². The molecule has 0 spiro atoms. The number of aliphatic hydroxyl groups is 2. The van der Waals surface area contributed by atoms with Crippen LogP contribution in [0.1, 0.15) is 155 Å². The van der Waals surface area contributed by atoms with Gasteiger partial charge in [0.2, 0.25) is 5.91 Å². The van der Waals surface area contributed by atoms with Crippen molar-refractivity contribution in [2.75, 3.05) is 6.61 Å². The SMILES string of the molecule is CCCCCCCCCCC/C=C/CC/C=C/C(O)C(CO)NC(=O)CCCCCCCCCCC. The van der Waals surface area contributed by atoms with Gasteiger partial charge in [-0.1, -0.05) is 141 Å². The van der Waals surface area contributed by atoms with Gasteiger partial charge in [0, 0.05) is 6.42 Å². The van der Waals surface area contributed by atoms with Gasteiger partial charge in [0.15, 0.2) is 0 Å². The molecule has 4 nitrogen and oxygen atoms in total. The summed E-state index contributed by atoms with van der Waals surface area (Å²) in [6.07, 6.45) is 33.9. The van der Waals surface area contributed by atoms with Crippen LogP contribution in [0.25, 0.3) is 0 Å². The molecule has 2 unspecified atom stereocenters. The Morgan fingerprint density at radius 1 is 0.639 bits per heavy atom. The minimum Gasteiger partial charge on any atom is -0.394 e. The zero-order chi connectivity index (χ0) is 26.5. The van der Waals surface area contributed by atoms with Crippen LogP contribution >= 0.6 is 0 Å². The Balaban J connectivity index is 3.73. The summed E-state index contributed by atoms with van der Waals surface area (Å²) in [7, 11) is 0. The molecule has 0 heterocycles. The molecule has 1 amide bonds. The molecule has 0 bridgehead atoms. The summed E-state index contributed by atoms with van der Waals surface area (Å²) in [6, 6.07) is -0.630. The van der Waals surface area contributed by atoms with Gasteiger partial charge in [0.1, 0.15) is 0 Å². The molecule has 0 aromatic carbocycles. The van der Waals surface area contributed by atoms with Gasteiger partial charge in [0.25, 0.3) is 0 Å². The van der Waals surface area contributed by atoms with E-state index in [1.54, 1.807) is 6.08 Å². The van der Waals surface area contributed by atoms with Crippen molar-refractivity contribution in [3.8, 4) is 0 Å². The highest BCUT2D eigenvalue weighted by atomic mass is 16.3. The van der Waals surface area contributed by atoms with E-state index in [0.29, 0.717) is 6.42 Å². The lowest BCUT2D eigenvalue weighted by Gasteiger charge is -2.19. The molecule has 0 saturated heterocycles. The molecular weight excluding hydrogens is 446 g/mol. The van der Waals surface area contributed by atoms with E-state index in [1.165, 1.54) is 103 Å². The first-order valence-corrected chi connectivity index (χ1v) is 15.6. The zero-order valence-electron chi connectivity index (χ0n) is 24.0. The van der Waals surface area contributed by atoms with E-state index in [-0.39, 0.29) is 12.5 Å². The average molecular weight is 508 g/mol. The zero-order valence-corrected chi connectivity index (χ0v) is 24.0. The highest BCUT2D eigenvalue weighted by molar-refractivity contribution is 5.76. The maximum Gasteiger partial charge on any atom is 0.220 e. The molecule has 3 N–H and O–H groups in total. The standard InChI is InChI=1S/C32H61NO3/c1-3-5-7-9-11-13-14-15-16-17-18-20-21-23-25-27-31(35)30(29-34)33-32(36)28-26-24-22-19-12-10-8-6-4-2/h18,20,25,27,30-31,34-35H,3-17,19,21-24,26,28-29H2,1-2H3,(H,33,36)/b20-18+,27-25+. The topological polar surface area (TPSA) is 69.6 Å². The van der Waals surface area contributed by atoms with Crippen molar-refractivity contribution < 1.29 is 15.0 Å². The van der Waals surface area contributed by atoms with Crippen molar-refractivity contribution in [2.45, 2.75) is 167 Å². The van der Waals surface area contributed by atoms with Crippen molar-refractivity contribution in [1.82, 2.24) is 5.32 Å². The fourth-order valence-electron chi connectivity index (χ4n) is 4.48. The average Bonchev–Trinajstić information content (AvgIpc) is 2.88. The minimum atomic E-state index is -0.854. The van der Waals surface area contributed by atoms with E-state index in [4.69, 9.17) is 0 Å². The number of carbonyl (C=O) groups excluding carboxylic acids is 1. The van der Waals surface area contributed by atoms with Gasteiger partial charge in [-0.05, 0) is 32.1 Å². The van der Waals surface area contributed by atoms with E-state index < -0.39 is 12.1 Å². The van der Waals surface area contributed by atoms with Gasteiger partial charge in [-0.25, -0.2) is 0 Å².